The van der Waals surface area contributed by atoms with Crippen LogP contribution in [0, 0.1) is 0 Å². The predicted molar refractivity (Wildman–Crippen MR) is 70.4 cm³/mol. The molecule has 0 aromatic carbocycles. The second-order valence-corrected chi connectivity index (χ2v) is 4.41. The van der Waals surface area contributed by atoms with Gasteiger partial charge in [-0.15, -0.1) is 6.58 Å². The lowest BCUT2D eigenvalue weighted by molar-refractivity contribution is 0.0952. The van der Waals surface area contributed by atoms with Gasteiger partial charge in [0.05, 0.1) is 12.4 Å². The molecule has 5 heteroatoms. The number of rotatable bonds is 5. The van der Waals surface area contributed by atoms with E-state index < -0.39 is 0 Å². The van der Waals surface area contributed by atoms with Crippen LogP contribution in [0.4, 0.5) is 5.82 Å². The van der Waals surface area contributed by atoms with Gasteiger partial charge in [0.25, 0.3) is 5.91 Å². The van der Waals surface area contributed by atoms with Crippen LogP contribution in [-0.4, -0.2) is 28.5 Å². The van der Waals surface area contributed by atoms with Gasteiger partial charge in [-0.25, -0.2) is 9.97 Å². The van der Waals surface area contributed by atoms with Gasteiger partial charge in [-0.1, -0.05) is 18.9 Å². The van der Waals surface area contributed by atoms with E-state index in [4.69, 9.17) is 0 Å². The summed E-state index contributed by atoms with van der Waals surface area (Å²) in [7, 11) is 0. The summed E-state index contributed by atoms with van der Waals surface area (Å²) in [5, 5.41) is 5.99. The van der Waals surface area contributed by atoms with E-state index in [1.165, 1.54) is 31.9 Å². The van der Waals surface area contributed by atoms with Crippen molar-refractivity contribution in [2.24, 2.45) is 0 Å². The third-order valence-electron chi connectivity index (χ3n) is 3.00. The van der Waals surface area contributed by atoms with Crippen LogP contribution < -0.4 is 10.6 Å². The highest BCUT2D eigenvalue weighted by Crippen LogP contribution is 2.20. The lowest BCUT2D eigenvalue weighted by Crippen LogP contribution is -2.24. The van der Waals surface area contributed by atoms with Crippen molar-refractivity contribution in [3.8, 4) is 0 Å². The van der Waals surface area contributed by atoms with E-state index >= 15 is 0 Å². The zero-order valence-corrected chi connectivity index (χ0v) is 10.4. The maximum Gasteiger partial charge on any atom is 0.271 e. The van der Waals surface area contributed by atoms with Crippen molar-refractivity contribution in [3.63, 3.8) is 0 Å². The van der Waals surface area contributed by atoms with Crippen LogP contribution in [-0.2, 0) is 0 Å². The van der Waals surface area contributed by atoms with Crippen molar-refractivity contribution >= 4 is 11.7 Å². The fraction of sp³-hybridized carbons (Fsp3) is 0.462. The number of nitrogens with one attached hydrogen (secondary N) is 2. The minimum absolute atomic E-state index is 0.227. The minimum atomic E-state index is -0.227. The fourth-order valence-corrected chi connectivity index (χ4v) is 2.05. The Bertz CT molecular complexity index is 410. The van der Waals surface area contributed by atoms with Gasteiger partial charge in [-0.3, -0.25) is 4.79 Å². The van der Waals surface area contributed by atoms with Crippen molar-refractivity contribution in [1.29, 1.82) is 0 Å². The molecule has 2 N–H and O–H groups in total. The van der Waals surface area contributed by atoms with E-state index in [0.717, 1.165) is 5.82 Å². The summed E-state index contributed by atoms with van der Waals surface area (Å²) in [6, 6.07) is 0.500. The summed E-state index contributed by atoms with van der Waals surface area (Å²) < 4.78 is 0. The molecule has 96 valence electrons. The average molecular weight is 246 g/mol. The lowest BCUT2D eigenvalue weighted by Gasteiger charge is -2.12. The minimum Gasteiger partial charge on any atom is -0.366 e. The van der Waals surface area contributed by atoms with Crippen LogP contribution in [0.25, 0.3) is 0 Å². The fourth-order valence-electron chi connectivity index (χ4n) is 2.05. The Morgan fingerprint density at radius 1 is 1.39 bits per heavy atom. The van der Waals surface area contributed by atoms with Crippen LogP contribution in [0.5, 0.6) is 0 Å². The summed E-state index contributed by atoms with van der Waals surface area (Å²) >= 11 is 0. The summed E-state index contributed by atoms with van der Waals surface area (Å²) in [4.78, 5) is 19.9. The number of hydrogen-bond acceptors (Lipinski definition) is 4. The molecular weight excluding hydrogens is 228 g/mol. The molecule has 5 nitrogen and oxygen atoms in total. The number of carbonyl (C=O) groups is 1. The second kappa shape index (κ2) is 6.14. The number of carbonyl (C=O) groups excluding carboxylic acids is 1. The van der Waals surface area contributed by atoms with Gasteiger partial charge in [-0.05, 0) is 12.8 Å². The van der Waals surface area contributed by atoms with Crippen LogP contribution in [0.3, 0.4) is 0 Å². The molecule has 0 radical (unpaired) electrons. The molecule has 1 heterocycles. The van der Waals surface area contributed by atoms with Crippen molar-refractivity contribution in [2.75, 3.05) is 11.9 Å². The van der Waals surface area contributed by atoms with Gasteiger partial charge in [0.2, 0.25) is 0 Å². The molecule has 0 atom stereocenters. The molecule has 1 amide bonds. The van der Waals surface area contributed by atoms with Crippen LogP contribution in [0.2, 0.25) is 0 Å². The highest BCUT2D eigenvalue weighted by atomic mass is 16.1. The molecule has 1 saturated carbocycles. The molecule has 1 aromatic rings. The molecule has 1 fully saturated rings. The largest absolute Gasteiger partial charge is 0.366 e. The third kappa shape index (κ3) is 3.29. The van der Waals surface area contributed by atoms with Crippen LogP contribution >= 0.6 is 0 Å². The average Bonchev–Trinajstić information content (AvgIpc) is 2.89. The number of amides is 1. The molecule has 1 aliphatic carbocycles. The Hall–Kier alpha value is -1.91. The SMILES string of the molecule is C=CCNC(=O)c1cnc(NC2CCCC2)cn1. The first kappa shape index (κ1) is 12.5. The van der Waals surface area contributed by atoms with Gasteiger partial charge in [-0.2, -0.15) is 0 Å². The zero-order chi connectivity index (χ0) is 12.8. The summed E-state index contributed by atoms with van der Waals surface area (Å²) in [5.74, 6) is 0.511. The molecule has 2 rings (SSSR count). The van der Waals surface area contributed by atoms with E-state index in [1.807, 2.05) is 0 Å². The zero-order valence-electron chi connectivity index (χ0n) is 10.4. The Morgan fingerprint density at radius 2 is 2.17 bits per heavy atom. The van der Waals surface area contributed by atoms with Crippen LogP contribution in [0.1, 0.15) is 36.2 Å². The normalized spacial score (nSPS) is 15.3. The second-order valence-electron chi connectivity index (χ2n) is 4.41. The van der Waals surface area contributed by atoms with Gasteiger partial charge < -0.3 is 10.6 Å². The number of hydrogen-bond donors (Lipinski definition) is 2. The molecule has 0 aliphatic heterocycles. The Morgan fingerprint density at radius 3 is 2.78 bits per heavy atom. The van der Waals surface area contributed by atoms with Gasteiger partial charge in [0, 0.05) is 12.6 Å². The first-order valence-corrected chi connectivity index (χ1v) is 6.27. The topological polar surface area (TPSA) is 66.9 Å². The van der Waals surface area contributed by atoms with E-state index in [9.17, 15) is 4.79 Å². The van der Waals surface area contributed by atoms with Crippen molar-refractivity contribution in [1.82, 2.24) is 15.3 Å². The molecule has 1 aromatic heterocycles. The van der Waals surface area contributed by atoms with Crippen molar-refractivity contribution in [3.05, 3.63) is 30.7 Å². The highest BCUT2D eigenvalue weighted by Gasteiger charge is 2.15. The third-order valence-corrected chi connectivity index (χ3v) is 3.00. The van der Waals surface area contributed by atoms with E-state index in [-0.39, 0.29) is 5.91 Å². The molecule has 1 aliphatic rings. The van der Waals surface area contributed by atoms with Gasteiger partial charge in [0.15, 0.2) is 0 Å². The number of anilines is 1. The molecule has 0 bridgehead atoms. The molecule has 0 unspecified atom stereocenters. The molecule has 0 saturated heterocycles. The Labute approximate surface area is 107 Å². The first-order valence-electron chi connectivity index (χ1n) is 6.27. The Kier molecular flexibility index (Phi) is 4.28. The van der Waals surface area contributed by atoms with E-state index in [0.29, 0.717) is 18.3 Å². The van der Waals surface area contributed by atoms with E-state index in [2.05, 4.69) is 27.2 Å². The standard InChI is InChI=1S/C13H18N4O/c1-2-7-14-13(18)11-8-16-12(9-15-11)17-10-5-3-4-6-10/h2,8-10H,1,3-7H2,(H,14,18)(H,16,17). The highest BCUT2D eigenvalue weighted by molar-refractivity contribution is 5.92. The Balaban J connectivity index is 1.91. The quantitative estimate of drug-likeness (QED) is 0.777. The molecule has 0 spiro atoms. The van der Waals surface area contributed by atoms with Crippen molar-refractivity contribution in [2.45, 2.75) is 31.7 Å². The van der Waals surface area contributed by atoms with E-state index in [1.54, 1.807) is 12.3 Å². The maximum absolute atomic E-state index is 11.6. The molecule has 18 heavy (non-hydrogen) atoms. The van der Waals surface area contributed by atoms with Crippen LogP contribution in [0.15, 0.2) is 25.0 Å². The number of aromatic nitrogens is 2. The molecular formula is C13H18N4O. The summed E-state index contributed by atoms with van der Waals surface area (Å²) in [6.07, 6.45) is 9.64. The van der Waals surface area contributed by atoms with Crippen molar-refractivity contribution < 1.29 is 4.79 Å². The summed E-state index contributed by atoms with van der Waals surface area (Å²) in [5.41, 5.74) is 0.328. The lowest BCUT2D eigenvalue weighted by atomic mass is 10.2. The van der Waals surface area contributed by atoms with Gasteiger partial charge in [0.1, 0.15) is 11.5 Å². The number of nitrogens with zero attached hydrogens (tertiary/aromatic N) is 2. The summed E-state index contributed by atoms with van der Waals surface area (Å²) in [6.45, 7) is 3.97. The smallest absolute Gasteiger partial charge is 0.271 e. The first-order chi connectivity index (χ1) is 8.79. The maximum atomic E-state index is 11.6. The predicted octanol–water partition coefficient (Wildman–Crippen LogP) is 1.75. The monoisotopic (exact) mass is 246 g/mol. The van der Waals surface area contributed by atoms with Gasteiger partial charge >= 0.3 is 0 Å².